The van der Waals surface area contributed by atoms with Crippen molar-refractivity contribution in [1.29, 1.82) is 0 Å². The van der Waals surface area contributed by atoms with E-state index in [-0.39, 0.29) is 17.2 Å². The fourth-order valence-corrected chi connectivity index (χ4v) is 1.45. The third-order valence-electron chi connectivity index (χ3n) is 2.45. The van der Waals surface area contributed by atoms with Crippen molar-refractivity contribution >= 4 is 5.82 Å². The average Bonchev–Trinajstić information content (AvgIpc) is 2.34. The normalized spacial score (nSPS) is 11.4. The quantitative estimate of drug-likeness (QED) is 0.886. The van der Waals surface area contributed by atoms with Crippen LogP contribution in [0.5, 0.6) is 11.5 Å². The first-order chi connectivity index (χ1) is 9.26. The second kappa shape index (κ2) is 4.87. The second-order valence-electron chi connectivity index (χ2n) is 3.99. The van der Waals surface area contributed by atoms with E-state index in [9.17, 15) is 18.3 Å². The molecule has 0 aliphatic rings. The summed E-state index contributed by atoms with van der Waals surface area (Å²) in [4.78, 5) is 7.93. The Kier molecular flexibility index (Phi) is 3.39. The molecule has 5 nitrogen and oxygen atoms in total. The molecule has 2 aromatic rings. The summed E-state index contributed by atoms with van der Waals surface area (Å²) < 4.78 is 40.3. The Bertz CT molecular complexity index is 644. The second-order valence-corrected chi connectivity index (χ2v) is 3.99. The standard InChI is InChI=1S/C12H10F3N3O2/c1-6-5-17-11(18-10(6)16)7-2-3-8(19)9(4-7)20-12(13,14)15/h2-5,19H,1H3,(H2,16,17,18). The predicted molar refractivity (Wildman–Crippen MR) is 65.0 cm³/mol. The Balaban J connectivity index is 2.42. The number of aromatic hydroxyl groups is 1. The summed E-state index contributed by atoms with van der Waals surface area (Å²) in [5.74, 6) is -0.995. The van der Waals surface area contributed by atoms with Gasteiger partial charge in [-0.2, -0.15) is 0 Å². The number of anilines is 1. The highest BCUT2D eigenvalue weighted by Crippen LogP contribution is 2.34. The number of phenols is 1. The number of nitrogens with two attached hydrogens (primary N) is 1. The van der Waals surface area contributed by atoms with E-state index in [1.54, 1.807) is 6.92 Å². The maximum absolute atomic E-state index is 12.2. The molecule has 0 radical (unpaired) electrons. The lowest BCUT2D eigenvalue weighted by Crippen LogP contribution is -2.17. The lowest BCUT2D eigenvalue weighted by atomic mass is 10.2. The average molecular weight is 285 g/mol. The topological polar surface area (TPSA) is 81.3 Å². The van der Waals surface area contributed by atoms with Gasteiger partial charge < -0.3 is 15.6 Å². The molecule has 1 aromatic carbocycles. The molecule has 106 valence electrons. The summed E-state index contributed by atoms with van der Waals surface area (Å²) >= 11 is 0. The highest BCUT2D eigenvalue weighted by atomic mass is 19.4. The number of nitrogen functional groups attached to an aromatic ring is 1. The number of ether oxygens (including phenoxy) is 1. The van der Waals surface area contributed by atoms with Crippen molar-refractivity contribution < 1.29 is 23.0 Å². The summed E-state index contributed by atoms with van der Waals surface area (Å²) in [6, 6.07) is 3.42. The molecule has 1 heterocycles. The van der Waals surface area contributed by atoms with E-state index in [0.29, 0.717) is 5.56 Å². The van der Waals surface area contributed by atoms with Crippen LogP contribution in [0.15, 0.2) is 24.4 Å². The van der Waals surface area contributed by atoms with E-state index in [4.69, 9.17) is 5.73 Å². The van der Waals surface area contributed by atoms with Gasteiger partial charge in [-0.05, 0) is 25.1 Å². The first kappa shape index (κ1) is 13.9. The first-order valence-corrected chi connectivity index (χ1v) is 5.44. The highest BCUT2D eigenvalue weighted by Gasteiger charge is 2.32. The van der Waals surface area contributed by atoms with Crippen LogP contribution in [0.3, 0.4) is 0 Å². The highest BCUT2D eigenvalue weighted by molar-refractivity contribution is 5.62. The Morgan fingerprint density at radius 2 is 2.00 bits per heavy atom. The summed E-state index contributed by atoms with van der Waals surface area (Å²) in [5, 5.41) is 9.35. The molecule has 0 bridgehead atoms. The first-order valence-electron chi connectivity index (χ1n) is 5.44. The maximum atomic E-state index is 12.2. The molecule has 20 heavy (non-hydrogen) atoms. The van der Waals surface area contributed by atoms with E-state index < -0.39 is 17.9 Å². The van der Waals surface area contributed by atoms with Crippen LogP contribution in [-0.2, 0) is 0 Å². The smallest absolute Gasteiger partial charge is 0.504 e. The van der Waals surface area contributed by atoms with E-state index in [0.717, 1.165) is 12.1 Å². The molecule has 0 spiro atoms. The molecule has 3 N–H and O–H groups in total. The molecular weight excluding hydrogens is 275 g/mol. The van der Waals surface area contributed by atoms with Gasteiger partial charge in [0.1, 0.15) is 5.82 Å². The van der Waals surface area contributed by atoms with Gasteiger partial charge in [-0.1, -0.05) is 0 Å². The predicted octanol–water partition coefficient (Wildman–Crippen LogP) is 2.64. The molecule has 0 atom stereocenters. The van der Waals surface area contributed by atoms with E-state index in [1.165, 1.54) is 12.3 Å². The number of rotatable bonds is 2. The van der Waals surface area contributed by atoms with Crippen LogP contribution in [0, 0.1) is 6.92 Å². The SMILES string of the molecule is Cc1cnc(-c2ccc(O)c(OC(F)(F)F)c2)nc1N. The largest absolute Gasteiger partial charge is 0.573 e. The monoisotopic (exact) mass is 285 g/mol. The zero-order valence-electron chi connectivity index (χ0n) is 10.3. The van der Waals surface area contributed by atoms with E-state index in [2.05, 4.69) is 14.7 Å². The molecule has 0 aliphatic carbocycles. The number of hydrogen-bond acceptors (Lipinski definition) is 5. The van der Waals surface area contributed by atoms with Gasteiger partial charge >= 0.3 is 6.36 Å². The van der Waals surface area contributed by atoms with Crippen molar-refractivity contribution in [3.05, 3.63) is 30.0 Å². The zero-order chi connectivity index (χ0) is 14.9. The number of benzene rings is 1. The van der Waals surface area contributed by atoms with E-state index in [1.807, 2.05) is 0 Å². The van der Waals surface area contributed by atoms with E-state index >= 15 is 0 Å². The van der Waals surface area contributed by atoms with Crippen molar-refractivity contribution in [2.45, 2.75) is 13.3 Å². The maximum Gasteiger partial charge on any atom is 0.573 e. The molecule has 0 fully saturated rings. The number of aromatic nitrogens is 2. The van der Waals surface area contributed by atoms with Gasteiger partial charge in [-0.3, -0.25) is 0 Å². The molecule has 2 rings (SSSR count). The van der Waals surface area contributed by atoms with Crippen molar-refractivity contribution in [3.8, 4) is 22.9 Å². The van der Waals surface area contributed by atoms with Gasteiger partial charge in [0.2, 0.25) is 0 Å². The van der Waals surface area contributed by atoms with Crippen LogP contribution in [0.1, 0.15) is 5.56 Å². The number of phenolic OH excluding ortho intramolecular Hbond substituents is 1. The summed E-state index contributed by atoms with van der Waals surface area (Å²) in [6.45, 7) is 1.70. The summed E-state index contributed by atoms with van der Waals surface area (Å²) in [7, 11) is 0. The number of hydrogen-bond donors (Lipinski definition) is 2. The molecule has 0 aliphatic heterocycles. The lowest BCUT2D eigenvalue weighted by molar-refractivity contribution is -0.275. The van der Waals surface area contributed by atoms with Gasteiger partial charge in [0.15, 0.2) is 17.3 Å². The third kappa shape index (κ3) is 3.08. The Labute approximate surface area is 111 Å². The molecule has 0 unspecified atom stereocenters. The molecule has 8 heteroatoms. The van der Waals surface area contributed by atoms with Crippen molar-refractivity contribution in [1.82, 2.24) is 9.97 Å². The Morgan fingerprint density at radius 3 is 2.60 bits per heavy atom. The van der Waals surface area contributed by atoms with Gasteiger partial charge in [-0.25, -0.2) is 9.97 Å². The Hall–Kier alpha value is -2.51. The fraction of sp³-hybridized carbons (Fsp3) is 0.167. The summed E-state index contributed by atoms with van der Waals surface area (Å²) in [5.41, 5.74) is 6.51. The zero-order valence-corrected chi connectivity index (χ0v) is 10.3. The third-order valence-corrected chi connectivity index (χ3v) is 2.45. The van der Waals surface area contributed by atoms with Crippen molar-refractivity contribution in [2.24, 2.45) is 0 Å². The van der Waals surface area contributed by atoms with Crippen molar-refractivity contribution in [2.75, 3.05) is 5.73 Å². The molecule has 1 aromatic heterocycles. The van der Waals surface area contributed by atoms with Gasteiger partial charge in [0.05, 0.1) is 0 Å². The molecule has 0 saturated heterocycles. The van der Waals surface area contributed by atoms with Crippen LogP contribution in [0.4, 0.5) is 19.0 Å². The van der Waals surface area contributed by atoms with Gasteiger partial charge in [0, 0.05) is 17.3 Å². The number of alkyl halides is 3. The molecular formula is C12H10F3N3O2. The number of nitrogens with zero attached hydrogens (tertiary/aromatic N) is 2. The van der Waals surface area contributed by atoms with Crippen LogP contribution in [-0.4, -0.2) is 21.4 Å². The molecule has 0 saturated carbocycles. The Morgan fingerprint density at radius 1 is 1.30 bits per heavy atom. The minimum Gasteiger partial charge on any atom is -0.504 e. The minimum atomic E-state index is -4.90. The van der Waals surface area contributed by atoms with Gasteiger partial charge in [-0.15, -0.1) is 13.2 Å². The van der Waals surface area contributed by atoms with Crippen LogP contribution < -0.4 is 10.5 Å². The minimum absolute atomic E-state index is 0.139. The fourth-order valence-electron chi connectivity index (χ4n) is 1.45. The summed E-state index contributed by atoms with van der Waals surface area (Å²) in [6.07, 6.45) is -3.45. The van der Waals surface area contributed by atoms with Crippen LogP contribution in [0.25, 0.3) is 11.4 Å². The van der Waals surface area contributed by atoms with Crippen molar-refractivity contribution in [3.63, 3.8) is 0 Å². The van der Waals surface area contributed by atoms with Crippen LogP contribution >= 0.6 is 0 Å². The lowest BCUT2D eigenvalue weighted by Gasteiger charge is -2.11. The van der Waals surface area contributed by atoms with Gasteiger partial charge in [0.25, 0.3) is 0 Å². The molecule has 0 amide bonds. The number of halogens is 3. The number of aryl methyl sites for hydroxylation is 1. The van der Waals surface area contributed by atoms with Crippen LogP contribution in [0.2, 0.25) is 0 Å².